The van der Waals surface area contributed by atoms with Crippen LogP contribution in [-0.2, 0) is 11.2 Å². The third-order valence-electron chi connectivity index (χ3n) is 5.76. The van der Waals surface area contributed by atoms with Gasteiger partial charge in [0.2, 0.25) is 5.91 Å². The van der Waals surface area contributed by atoms with Gasteiger partial charge in [0.15, 0.2) is 0 Å². The molecule has 1 amide bonds. The van der Waals surface area contributed by atoms with Crippen molar-refractivity contribution in [1.29, 1.82) is 0 Å². The molecule has 0 spiro atoms. The number of nitrogens with one attached hydrogen (secondary N) is 1. The minimum absolute atomic E-state index is 0.120. The number of amides is 1. The lowest BCUT2D eigenvalue weighted by Crippen LogP contribution is -2.22. The number of carbonyl (C=O) groups is 1. The Morgan fingerprint density at radius 3 is 2.32 bits per heavy atom. The third kappa shape index (κ3) is 4.36. The highest BCUT2D eigenvalue weighted by atomic mass is 16.1. The van der Waals surface area contributed by atoms with E-state index in [1.807, 2.05) is 78.9 Å². The number of aryl methyl sites for hydroxylation is 1. The molecule has 166 valence electrons. The second-order valence-electron chi connectivity index (χ2n) is 8.15. The van der Waals surface area contributed by atoms with Crippen LogP contribution in [0.5, 0.6) is 0 Å². The molecule has 1 aromatic heterocycles. The number of hydrogen-bond acceptors (Lipinski definition) is 3. The molecule has 0 aliphatic heterocycles. The van der Waals surface area contributed by atoms with Crippen molar-refractivity contribution in [2.75, 3.05) is 5.32 Å². The van der Waals surface area contributed by atoms with E-state index in [-0.39, 0.29) is 17.9 Å². The topological polar surface area (TPSA) is 64.0 Å². The number of anilines is 1. The molecule has 0 radical (unpaired) electrons. The Morgan fingerprint density at radius 1 is 0.824 bits per heavy atom. The van der Waals surface area contributed by atoms with Gasteiger partial charge in [-0.2, -0.15) is 0 Å². The number of fused-ring (bicyclic) bond motifs is 1. The molecule has 0 fully saturated rings. The summed E-state index contributed by atoms with van der Waals surface area (Å²) in [5, 5.41) is 3.51. The van der Waals surface area contributed by atoms with Gasteiger partial charge in [0.25, 0.3) is 5.56 Å². The number of nitrogens with zero attached hydrogens (tertiary/aromatic N) is 2. The van der Waals surface area contributed by atoms with E-state index in [0.29, 0.717) is 28.1 Å². The van der Waals surface area contributed by atoms with E-state index in [1.165, 1.54) is 0 Å². The van der Waals surface area contributed by atoms with Gasteiger partial charge in [0, 0.05) is 5.69 Å². The maximum atomic E-state index is 13.1. The number of aromatic nitrogens is 2. The van der Waals surface area contributed by atoms with Crippen molar-refractivity contribution in [3.63, 3.8) is 0 Å². The van der Waals surface area contributed by atoms with Gasteiger partial charge in [0.1, 0.15) is 5.82 Å². The first-order valence-corrected chi connectivity index (χ1v) is 11.1. The summed E-state index contributed by atoms with van der Waals surface area (Å²) in [6, 6.07) is 32.7. The van der Waals surface area contributed by atoms with E-state index in [0.717, 1.165) is 16.7 Å². The lowest BCUT2D eigenvalue weighted by Gasteiger charge is -2.13. The van der Waals surface area contributed by atoms with Gasteiger partial charge in [0.05, 0.1) is 23.0 Å². The summed E-state index contributed by atoms with van der Waals surface area (Å²) in [5.74, 6) is 0.469. The summed E-state index contributed by atoms with van der Waals surface area (Å²) in [7, 11) is 0. The number of para-hydroxylation sites is 1. The van der Waals surface area contributed by atoms with Gasteiger partial charge in [-0.3, -0.25) is 14.2 Å². The molecule has 0 unspecified atom stereocenters. The van der Waals surface area contributed by atoms with Crippen molar-refractivity contribution < 1.29 is 4.79 Å². The SMILES string of the molecule is Cc1nc2ccccc2c(=O)n1-c1cccc(NC(=O)Cc2ccc(-c3ccccc3)cc2)c1. The van der Waals surface area contributed by atoms with E-state index in [9.17, 15) is 9.59 Å². The average Bonchev–Trinajstić information content (AvgIpc) is 2.85. The minimum atomic E-state index is -0.134. The average molecular weight is 446 g/mol. The van der Waals surface area contributed by atoms with Crippen LogP contribution in [0.3, 0.4) is 0 Å². The predicted molar refractivity (Wildman–Crippen MR) is 136 cm³/mol. The van der Waals surface area contributed by atoms with Gasteiger partial charge >= 0.3 is 0 Å². The largest absolute Gasteiger partial charge is 0.326 e. The van der Waals surface area contributed by atoms with Gasteiger partial charge in [-0.15, -0.1) is 0 Å². The molecule has 0 atom stereocenters. The van der Waals surface area contributed by atoms with Gasteiger partial charge in [-0.05, 0) is 53.9 Å². The summed E-state index contributed by atoms with van der Waals surface area (Å²) in [4.78, 5) is 30.4. The maximum absolute atomic E-state index is 13.1. The highest BCUT2D eigenvalue weighted by molar-refractivity contribution is 5.92. The first-order chi connectivity index (χ1) is 16.6. The summed E-state index contributed by atoms with van der Waals surface area (Å²) in [6.45, 7) is 1.80. The maximum Gasteiger partial charge on any atom is 0.265 e. The first kappa shape index (κ1) is 21.3. The zero-order chi connectivity index (χ0) is 23.5. The Balaban J connectivity index is 1.34. The minimum Gasteiger partial charge on any atom is -0.326 e. The van der Waals surface area contributed by atoms with Crippen molar-refractivity contribution in [2.24, 2.45) is 0 Å². The Bertz CT molecular complexity index is 1540. The molecule has 5 aromatic rings. The summed E-state index contributed by atoms with van der Waals surface area (Å²) in [6.07, 6.45) is 0.260. The van der Waals surface area contributed by atoms with E-state index in [4.69, 9.17) is 0 Å². The van der Waals surface area contributed by atoms with E-state index < -0.39 is 0 Å². The summed E-state index contributed by atoms with van der Waals surface area (Å²) >= 11 is 0. The van der Waals surface area contributed by atoms with Crippen LogP contribution in [0.2, 0.25) is 0 Å². The van der Waals surface area contributed by atoms with Crippen LogP contribution in [0.25, 0.3) is 27.7 Å². The molecule has 0 saturated carbocycles. The predicted octanol–water partition coefficient (Wildman–Crippen LogP) is 5.54. The molecule has 5 heteroatoms. The zero-order valence-corrected chi connectivity index (χ0v) is 18.7. The molecule has 5 rings (SSSR count). The highest BCUT2D eigenvalue weighted by Gasteiger charge is 2.11. The number of carbonyl (C=O) groups excluding carboxylic acids is 1. The molecule has 0 aliphatic rings. The van der Waals surface area contributed by atoms with Crippen LogP contribution in [0, 0.1) is 6.92 Å². The van der Waals surface area contributed by atoms with Gasteiger partial charge in [-0.25, -0.2) is 4.98 Å². The molecular weight excluding hydrogens is 422 g/mol. The molecule has 0 aliphatic carbocycles. The van der Waals surface area contributed by atoms with Crippen LogP contribution in [0.15, 0.2) is 108 Å². The van der Waals surface area contributed by atoms with Crippen LogP contribution in [-0.4, -0.2) is 15.5 Å². The number of rotatable bonds is 5. The smallest absolute Gasteiger partial charge is 0.265 e. The molecule has 5 nitrogen and oxygen atoms in total. The van der Waals surface area contributed by atoms with Crippen molar-refractivity contribution >= 4 is 22.5 Å². The Kier molecular flexibility index (Phi) is 5.75. The van der Waals surface area contributed by atoms with Crippen LogP contribution in [0.4, 0.5) is 5.69 Å². The molecule has 4 aromatic carbocycles. The second-order valence-corrected chi connectivity index (χ2v) is 8.15. The van der Waals surface area contributed by atoms with Crippen molar-refractivity contribution in [1.82, 2.24) is 9.55 Å². The Hall–Kier alpha value is -4.51. The molecule has 0 saturated heterocycles. The Morgan fingerprint density at radius 2 is 1.53 bits per heavy atom. The van der Waals surface area contributed by atoms with Crippen LogP contribution in [0.1, 0.15) is 11.4 Å². The fourth-order valence-corrected chi connectivity index (χ4v) is 4.11. The number of hydrogen-bond donors (Lipinski definition) is 1. The molecule has 1 N–H and O–H groups in total. The van der Waals surface area contributed by atoms with E-state index in [1.54, 1.807) is 23.6 Å². The lowest BCUT2D eigenvalue weighted by atomic mass is 10.0. The number of benzene rings is 4. The molecular formula is C29H23N3O2. The summed E-state index contributed by atoms with van der Waals surface area (Å²) < 4.78 is 1.57. The fraction of sp³-hybridized carbons (Fsp3) is 0.0690. The molecule has 1 heterocycles. The van der Waals surface area contributed by atoms with Crippen molar-refractivity contribution in [3.8, 4) is 16.8 Å². The fourth-order valence-electron chi connectivity index (χ4n) is 4.11. The normalized spacial score (nSPS) is 10.9. The van der Waals surface area contributed by atoms with Crippen LogP contribution < -0.4 is 10.9 Å². The monoisotopic (exact) mass is 445 g/mol. The third-order valence-corrected chi connectivity index (χ3v) is 5.76. The highest BCUT2D eigenvalue weighted by Crippen LogP contribution is 2.20. The zero-order valence-electron chi connectivity index (χ0n) is 18.7. The van der Waals surface area contributed by atoms with Crippen molar-refractivity contribution in [3.05, 3.63) is 125 Å². The standard InChI is InChI=1S/C29H23N3O2/c1-20-30-27-13-6-5-12-26(27)29(34)32(20)25-11-7-10-24(19-25)31-28(33)18-21-14-16-23(17-15-21)22-8-3-2-4-9-22/h2-17,19H,18H2,1H3,(H,31,33). The quantitative estimate of drug-likeness (QED) is 0.386. The summed E-state index contributed by atoms with van der Waals surface area (Å²) in [5.41, 5.74) is 5.01. The van der Waals surface area contributed by atoms with Crippen LogP contribution >= 0.6 is 0 Å². The van der Waals surface area contributed by atoms with E-state index >= 15 is 0 Å². The second kappa shape index (κ2) is 9.16. The van der Waals surface area contributed by atoms with Gasteiger partial charge in [-0.1, -0.05) is 72.8 Å². The molecule has 0 bridgehead atoms. The lowest BCUT2D eigenvalue weighted by molar-refractivity contribution is -0.115. The first-order valence-electron chi connectivity index (χ1n) is 11.1. The van der Waals surface area contributed by atoms with Crippen molar-refractivity contribution in [2.45, 2.75) is 13.3 Å². The van der Waals surface area contributed by atoms with Gasteiger partial charge < -0.3 is 5.32 Å². The van der Waals surface area contributed by atoms with E-state index in [2.05, 4.69) is 22.4 Å². The molecule has 34 heavy (non-hydrogen) atoms. The Labute approximate surface area is 197 Å².